The van der Waals surface area contributed by atoms with Crippen LogP contribution in [0.4, 0.5) is 0 Å². The summed E-state index contributed by atoms with van der Waals surface area (Å²) in [5.41, 5.74) is 4.68. The number of amides is 1. The highest BCUT2D eigenvalue weighted by Gasteiger charge is 2.22. The summed E-state index contributed by atoms with van der Waals surface area (Å²) in [5.74, 6) is -0.267. The van der Waals surface area contributed by atoms with Gasteiger partial charge in [0.15, 0.2) is 0 Å². The second-order valence-corrected chi connectivity index (χ2v) is 6.34. The fourth-order valence-electron chi connectivity index (χ4n) is 3.29. The van der Waals surface area contributed by atoms with Crippen LogP contribution in [-0.4, -0.2) is 33.0 Å². The van der Waals surface area contributed by atoms with E-state index in [0.29, 0.717) is 12.1 Å². The number of aromatic amines is 2. The maximum Gasteiger partial charge on any atom is 0.261 e. The number of carbonyl (C=O) groups excluding carboxylic acids is 1. The molecule has 0 bridgehead atoms. The first-order valence-electron chi connectivity index (χ1n) is 7.98. The van der Waals surface area contributed by atoms with Gasteiger partial charge in [0.1, 0.15) is 5.56 Å². The third kappa shape index (κ3) is 2.93. The van der Waals surface area contributed by atoms with Crippen LogP contribution in [0.25, 0.3) is 0 Å². The molecule has 2 N–H and O–H groups in total. The van der Waals surface area contributed by atoms with Crippen molar-refractivity contribution in [2.45, 2.75) is 46.1 Å². The van der Waals surface area contributed by atoms with Crippen molar-refractivity contribution in [2.24, 2.45) is 0 Å². The first kappa shape index (κ1) is 15.5. The lowest BCUT2D eigenvalue weighted by Crippen LogP contribution is -2.33. The van der Waals surface area contributed by atoms with Crippen LogP contribution >= 0.6 is 0 Å². The van der Waals surface area contributed by atoms with E-state index in [4.69, 9.17) is 0 Å². The van der Waals surface area contributed by atoms with Gasteiger partial charge in [-0.15, -0.1) is 0 Å². The molecular formula is C17H22N4O2. The molecular weight excluding hydrogens is 292 g/mol. The van der Waals surface area contributed by atoms with Gasteiger partial charge in [0.2, 0.25) is 0 Å². The predicted molar refractivity (Wildman–Crippen MR) is 87.6 cm³/mol. The molecule has 0 atom stereocenters. The number of rotatable bonds is 3. The third-order valence-corrected chi connectivity index (χ3v) is 4.45. The zero-order chi connectivity index (χ0) is 16.6. The fourth-order valence-corrected chi connectivity index (χ4v) is 3.29. The molecule has 0 unspecified atom stereocenters. The highest BCUT2D eigenvalue weighted by atomic mass is 16.2. The van der Waals surface area contributed by atoms with Crippen molar-refractivity contribution in [3.8, 4) is 0 Å². The Morgan fingerprint density at radius 1 is 1.30 bits per heavy atom. The first-order valence-corrected chi connectivity index (χ1v) is 7.98. The summed E-state index contributed by atoms with van der Waals surface area (Å²) in [4.78, 5) is 29.0. The number of carbonyl (C=O) groups is 1. The molecule has 0 saturated carbocycles. The van der Waals surface area contributed by atoms with Gasteiger partial charge in [-0.2, -0.15) is 5.10 Å². The molecule has 0 saturated heterocycles. The van der Waals surface area contributed by atoms with Crippen LogP contribution in [0.1, 0.15) is 51.4 Å². The van der Waals surface area contributed by atoms with Crippen molar-refractivity contribution >= 4 is 5.91 Å². The minimum atomic E-state index is -0.330. The van der Waals surface area contributed by atoms with Crippen molar-refractivity contribution in [1.82, 2.24) is 20.1 Å². The van der Waals surface area contributed by atoms with Crippen LogP contribution in [0.5, 0.6) is 0 Å². The van der Waals surface area contributed by atoms with E-state index in [2.05, 4.69) is 15.2 Å². The summed E-state index contributed by atoms with van der Waals surface area (Å²) in [7, 11) is 1.71. The normalized spacial score (nSPS) is 13.7. The Bertz CT molecular complexity index is 803. The van der Waals surface area contributed by atoms with Crippen LogP contribution in [0.2, 0.25) is 0 Å². The van der Waals surface area contributed by atoms with Crippen LogP contribution in [0, 0.1) is 13.8 Å². The average molecular weight is 314 g/mol. The number of nitrogens with zero attached hydrogens (tertiary/aromatic N) is 2. The Kier molecular flexibility index (Phi) is 4.07. The van der Waals surface area contributed by atoms with Crippen LogP contribution in [0.3, 0.4) is 0 Å². The topological polar surface area (TPSA) is 81.8 Å². The maximum atomic E-state index is 12.7. The molecule has 1 aliphatic rings. The lowest BCUT2D eigenvalue weighted by molar-refractivity contribution is 0.0780. The molecule has 2 aromatic rings. The smallest absolute Gasteiger partial charge is 0.261 e. The van der Waals surface area contributed by atoms with Gasteiger partial charge in [-0.25, -0.2) is 0 Å². The molecule has 1 aliphatic carbocycles. The molecule has 1 amide bonds. The lowest BCUT2D eigenvalue weighted by Gasteiger charge is -2.18. The largest absolute Gasteiger partial charge is 0.336 e. The predicted octanol–water partition coefficient (Wildman–Crippen LogP) is 1.87. The monoisotopic (exact) mass is 314 g/mol. The van der Waals surface area contributed by atoms with E-state index in [1.54, 1.807) is 18.9 Å². The van der Waals surface area contributed by atoms with Gasteiger partial charge in [0, 0.05) is 18.4 Å². The highest BCUT2D eigenvalue weighted by Crippen LogP contribution is 2.23. The van der Waals surface area contributed by atoms with Crippen molar-refractivity contribution in [2.75, 3.05) is 7.05 Å². The number of fused-ring (bicyclic) bond motifs is 1. The summed E-state index contributed by atoms with van der Waals surface area (Å²) in [5, 5.41) is 7.45. The van der Waals surface area contributed by atoms with E-state index in [1.807, 2.05) is 13.0 Å². The number of nitrogens with one attached hydrogen (secondary N) is 2. The lowest BCUT2D eigenvalue weighted by atomic mass is 9.96. The van der Waals surface area contributed by atoms with Gasteiger partial charge in [0.05, 0.1) is 12.2 Å². The molecule has 6 heteroatoms. The molecule has 2 heterocycles. The number of H-pyrrole nitrogens is 2. The molecule has 0 spiro atoms. The zero-order valence-electron chi connectivity index (χ0n) is 13.8. The second-order valence-electron chi connectivity index (χ2n) is 6.34. The number of hydrogen-bond donors (Lipinski definition) is 2. The van der Waals surface area contributed by atoms with Crippen molar-refractivity contribution in [3.05, 3.63) is 50.2 Å². The van der Waals surface area contributed by atoms with Gasteiger partial charge in [-0.3, -0.25) is 14.7 Å². The zero-order valence-corrected chi connectivity index (χ0v) is 13.8. The quantitative estimate of drug-likeness (QED) is 0.907. The summed E-state index contributed by atoms with van der Waals surface area (Å²) >= 11 is 0. The number of aromatic nitrogens is 3. The summed E-state index contributed by atoms with van der Waals surface area (Å²) in [6.45, 7) is 4.01. The minimum absolute atomic E-state index is 0.211. The summed E-state index contributed by atoms with van der Waals surface area (Å²) in [6.07, 6.45) is 4.37. The first-order chi connectivity index (χ1) is 11.0. The SMILES string of the molecule is Cc1cc(C)c(C(=O)N(C)Cc2n[nH]c3c2CCCC3)c(=O)[nH]1. The van der Waals surface area contributed by atoms with E-state index < -0.39 is 0 Å². The average Bonchev–Trinajstić information content (AvgIpc) is 2.89. The van der Waals surface area contributed by atoms with E-state index in [0.717, 1.165) is 30.7 Å². The van der Waals surface area contributed by atoms with Gasteiger partial charge in [-0.05, 0) is 56.7 Å². The Morgan fingerprint density at radius 2 is 2.04 bits per heavy atom. The molecule has 122 valence electrons. The van der Waals surface area contributed by atoms with Crippen LogP contribution in [-0.2, 0) is 19.4 Å². The highest BCUT2D eigenvalue weighted by molar-refractivity contribution is 5.95. The molecule has 0 fully saturated rings. The van der Waals surface area contributed by atoms with Gasteiger partial charge in [0.25, 0.3) is 11.5 Å². The standard InChI is InChI=1S/C17H22N4O2/c1-10-8-11(2)18-16(22)15(10)17(23)21(3)9-14-12-6-4-5-7-13(12)19-20-14/h8H,4-7,9H2,1-3H3,(H,18,22)(H,19,20). The third-order valence-electron chi connectivity index (χ3n) is 4.45. The number of pyridine rings is 1. The van der Waals surface area contributed by atoms with E-state index in [-0.39, 0.29) is 17.0 Å². The molecule has 0 radical (unpaired) electrons. The Labute approximate surface area is 134 Å². The summed E-state index contributed by atoms with van der Waals surface area (Å²) < 4.78 is 0. The van der Waals surface area contributed by atoms with E-state index in [1.165, 1.54) is 17.7 Å². The molecule has 23 heavy (non-hydrogen) atoms. The summed E-state index contributed by atoms with van der Waals surface area (Å²) in [6, 6.07) is 1.82. The number of hydrogen-bond acceptors (Lipinski definition) is 3. The minimum Gasteiger partial charge on any atom is -0.336 e. The Balaban J connectivity index is 1.84. The molecule has 3 rings (SSSR count). The van der Waals surface area contributed by atoms with Gasteiger partial charge < -0.3 is 9.88 Å². The number of aryl methyl sites for hydroxylation is 3. The van der Waals surface area contributed by atoms with Crippen molar-refractivity contribution < 1.29 is 4.79 Å². The van der Waals surface area contributed by atoms with E-state index in [9.17, 15) is 9.59 Å². The molecule has 6 nitrogen and oxygen atoms in total. The Hall–Kier alpha value is -2.37. The van der Waals surface area contributed by atoms with Crippen molar-refractivity contribution in [3.63, 3.8) is 0 Å². The van der Waals surface area contributed by atoms with Crippen LogP contribution in [0.15, 0.2) is 10.9 Å². The molecule has 0 aliphatic heterocycles. The van der Waals surface area contributed by atoms with Gasteiger partial charge in [-0.1, -0.05) is 0 Å². The van der Waals surface area contributed by atoms with Gasteiger partial charge >= 0.3 is 0 Å². The second kappa shape index (κ2) is 6.02. The Morgan fingerprint density at radius 3 is 2.78 bits per heavy atom. The van der Waals surface area contributed by atoms with Crippen molar-refractivity contribution in [1.29, 1.82) is 0 Å². The fraction of sp³-hybridized carbons (Fsp3) is 0.471. The molecule has 0 aromatic carbocycles. The molecule has 2 aromatic heterocycles. The maximum absolute atomic E-state index is 12.7. The van der Waals surface area contributed by atoms with Crippen LogP contribution < -0.4 is 5.56 Å². The van der Waals surface area contributed by atoms with E-state index >= 15 is 0 Å².